The Kier molecular flexibility index (Phi) is 414000. The summed E-state index contributed by atoms with van der Waals surface area (Å²) in [7, 11) is 0. The SMILES string of the molecule is O.O.O.O.O.O.O.O.O.O.O.O.[Al].[H-].[Na+]. The van der Waals surface area contributed by atoms with Crippen LogP contribution < -0.4 is 29.6 Å². The van der Waals surface area contributed by atoms with E-state index >= 15 is 0 Å². The zero-order chi connectivity index (χ0) is 0. The van der Waals surface area contributed by atoms with Gasteiger partial charge in [0.25, 0.3) is 0 Å². The minimum atomic E-state index is 0. The molecular formula is H25AlNaO12. The summed E-state index contributed by atoms with van der Waals surface area (Å²) in [5.74, 6) is 0. The Hall–Kier alpha value is 1.05. The number of hydrogen-bond acceptors (Lipinski definition) is 0. The van der Waals surface area contributed by atoms with Gasteiger partial charge in [-0.2, -0.15) is 0 Å². The summed E-state index contributed by atoms with van der Waals surface area (Å²) in [5, 5.41) is 0. The molecule has 0 aliphatic carbocycles. The summed E-state index contributed by atoms with van der Waals surface area (Å²) in [6, 6.07) is 0. The van der Waals surface area contributed by atoms with E-state index in [0.717, 1.165) is 0 Å². The van der Waals surface area contributed by atoms with E-state index in [0.29, 0.717) is 0 Å². The van der Waals surface area contributed by atoms with Crippen LogP contribution in [0.2, 0.25) is 0 Å². The summed E-state index contributed by atoms with van der Waals surface area (Å²) in [4.78, 5) is 0. The van der Waals surface area contributed by atoms with Gasteiger partial charge in [-0.3, -0.25) is 0 Å². The quantitative estimate of drug-likeness (QED) is 0.368. The van der Waals surface area contributed by atoms with Crippen LogP contribution in [0.5, 0.6) is 0 Å². The van der Waals surface area contributed by atoms with Gasteiger partial charge < -0.3 is 67.1 Å². The summed E-state index contributed by atoms with van der Waals surface area (Å²) in [6.45, 7) is 0. The molecule has 0 bridgehead atoms. The largest absolute Gasteiger partial charge is 1.00 e. The van der Waals surface area contributed by atoms with Gasteiger partial charge in [-0.15, -0.1) is 0 Å². The molecule has 12 nitrogen and oxygen atoms in total. The van der Waals surface area contributed by atoms with E-state index < -0.39 is 0 Å². The smallest absolute Gasteiger partial charge is 1.00 e. The van der Waals surface area contributed by atoms with Crippen molar-refractivity contribution in [2.24, 2.45) is 0 Å². The Morgan fingerprint density at radius 1 is 0.286 bits per heavy atom. The van der Waals surface area contributed by atoms with E-state index in [1.54, 1.807) is 0 Å². The van der Waals surface area contributed by atoms with Crippen molar-refractivity contribution in [3.05, 3.63) is 0 Å². The molecule has 0 atom stereocenters. The summed E-state index contributed by atoms with van der Waals surface area (Å²) >= 11 is 0. The molecule has 0 aliphatic rings. The third-order valence-corrected chi connectivity index (χ3v) is 0. The van der Waals surface area contributed by atoms with Crippen LogP contribution >= 0.6 is 0 Å². The van der Waals surface area contributed by atoms with Crippen LogP contribution in [0.4, 0.5) is 0 Å². The Bertz CT molecular complexity index is 15.6. The molecule has 0 fully saturated rings. The summed E-state index contributed by atoms with van der Waals surface area (Å²) in [5.41, 5.74) is 0. The van der Waals surface area contributed by atoms with Gasteiger partial charge in [0.15, 0.2) is 0 Å². The van der Waals surface area contributed by atoms with Crippen molar-refractivity contribution >= 4 is 17.4 Å². The van der Waals surface area contributed by atoms with Crippen molar-refractivity contribution in [3.8, 4) is 0 Å². The predicted molar refractivity (Wildman–Crippen MR) is 50.2 cm³/mol. The summed E-state index contributed by atoms with van der Waals surface area (Å²) < 4.78 is 0. The minimum Gasteiger partial charge on any atom is -1.00 e. The van der Waals surface area contributed by atoms with E-state index in [-0.39, 0.29) is 114 Å². The standard InChI is InChI=1S/Al.Na.12H2O.H/h;;12*1H2;/q;+1;;;;;;;;;;;;;-1. The van der Waals surface area contributed by atoms with Crippen LogP contribution in [0.3, 0.4) is 0 Å². The molecule has 0 unspecified atom stereocenters. The molecule has 0 saturated carbocycles. The number of hydrogen-bond donors (Lipinski definition) is 0. The minimum absolute atomic E-state index is 0. The molecule has 0 saturated heterocycles. The molecule has 0 heterocycles. The Balaban J connectivity index is 0. The van der Waals surface area contributed by atoms with Gasteiger partial charge in [0.1, 0.15) is 0 Å². The van der Waals surface area contributed by atoms with E-state index in [1.165, 1.54) is 0 Å². The van der Waals surface area contributed by atoms with Crippen LogP contribution in [-0.2, 0) is 0 Å². The average Bonchev–Trinajstić information content (AvgIpc) is 0. The summed E-state index contributed by atoms with van der Waals surface area (Å²) in [6.07, 6.45) is 0. The van der Waals surface area contributed by atoms with Gasteiger partial charge in [-0.05, 0) is 0 Å². The fraction of sp³-hybridized carbons (Fsp3) is 0. The molecular weight excluding hydrogens is 242 g/mol. The second-order valence-electron chi connectivity index (χ2n) is 0. The molecule has 0 rings (SSSR count). The molecule has 14 heavy (non-hydrogen) atoms. The fourth-order valence-electron chi connectivity index (χ4n) is 0. The van der Waals surface area contributed by atoms with Gasteiger partial charge in [-0.25, -0.2) is 0 Å². The molecule has 0 aromatic carbocycles. The van der Waals surface area contributed by atoms with Crippen molar-refractivity contribution in [2.75, 3.05) is 0 Å². The van der Waals surface area contributed by atoms with Gasteiger partial charge >= 0.3 is 29.6 Å². The fourth-order valence-corrected chi connectivity index (χ4v) is 0. The Morgan fingerprint density at radius 2 is 0.286 bits per heavy atom. The molecule has 0 aliphatic heterocycles. The third-order valence-electron chi connectivity index (χ3n) is 0. The molecule has 3 radical (unpaired) electrons. The normalized spacial score (nSPS) is 0. The van der Waals surface area contributed by atoms with E-state index in [9.17, 15) is 0 Å². The van der Waals surface area contributed by atoms with Crippen LogP contribution in [0.25, 0.3) is 0 Å². The Labute approximate surface area is 114 Å². The first-order valence-corrected chi connectivity index (χ1v) is 0. The second kappa shape index (κ2) is 2160. The van der Waals surface area contributed by atoms with E-state index in [4.69, 9.17) is 0 Å². The van der Waals surface area contributed by atoms with Crippen LogP contribution in [0.15, 0.2) is 0 Å². The molecule has 0 amide bonds. The van der Waals surface area contributed by atoms with Crippen molar-refractivity contribution in [3.63, 3.8) is 0 Å². The number of rotatable bonds is 0. The first-order valence-electron chi connectivity index (χ1n) is 0. The predicted octanol–water partition coefficient (Wildman–Crippen LogP) is -13.2. The molecule has 101 valence electrons. The van der Waals surface area contributed by atoms with E-state index in [1.807, 2.05) is 0 Å². The van der Waals surface area contributed by atoms with Crippen LogP contribution in [0, 0.1) is 0 Å². The van der Waals surface area contributed by atoms with Crippen molar-refractivity contribution < 1.29 is 96.7 Å². The molecule has 0 aromatic rings. The second-order valence-corrected chi connectivity index (χ2v) is 0. The molecule has 24 N–H and O–H groups in total. The van der Waals surface area contributed by atoms with Gasteiger partial charge in [0, 0.05) is 17.4 Å². The molecule has 0 spiro atoms. The average molecular weight is 267 g/mol. The zero-order valence-corrected chi connectivity index (χ0v) is 10.7. The molecule has 0 aromatic heterocycles. The van der Waals surface area contributed by atoms with E-state index in [2.05, 4.69) is 0 Å². The van der Waals surface area contributed by atoms with Gasteiger partial charge in [-0.1, -0.05) is 0 Å². The van der Waals surface area contributed by atoms with Crippen LogP contribution in [0.1, 0.15) is 1.43 Å². The van der Waals surface area contributed by atoms with Crippen molar-refractivity contribution in [2.45, 2.75) is 0 Å². The van der Waals surface area contributed by atoms with Crippen molar-refractivity contribution in [1.82, 2.24) is 0 Å². The first-order chi connectivity index (χ1) is 0. The topological polar surface area (TPSA) is 378 Å². The first kappa shape index (κ1) is 2680. The van der Waals surface area contributed by atoms with Gasteiger partial charge in [0.05, 0.1) is 0 Å². The maximum absolute atomic E-state index is 0. The third kappa shape index (κ3) is 1710. The maximum Gasteiger partial charge on any atom is 1.00 e. The maximum atomic E-state index is 0. The van der Waals surface area contributed by atoms with Gasteiger partial charge in [0.2, 0.25) is 0 Å². The van der Waals surface area contributed by atoms with Crippen molar-refractivity contribution in [1.29, 1.82) is 0 Å². The Morgan fingerprint density at radius 3 is 0.286 bits per heavy atom. The molecule has 14 heteroatoms. The zero-order valence-electron chi connectivity index (χ0n) is 8.58. The monoisotopic (exact) mass is 267 g/mol. The van der Waals surface area contributed by atoms with Crippen LogP contribution in [-0.4, -0.2) is 83.1 Å².